The summed E-state index contributed by atoms with van der Waals surface area (Å²) >= 11 is 0. The molecular weight excluding hydrogens is 260 g/mol. The van der Waals surface area contributed by atoms with Crippen molar-refractivity contribution < 1.29 is 8.42 Å². The van der Waals surface area contributed by atoms with Crippen LogP contribution in [0, 0.1) is 0 Å². The summed E-state index contributed by atoms with van der Waals surface area (Å²) in [5.74, 6) is 0. The van der Waals surface area contributed by atoms with Crippen molar-refractivity contribution in [3.63, 3.8) is 0 Å². The Morgan fingerprint density at radius 3 is 2.32 bits per heavy atom. The van der Waals surface area contributed by atoms with E-state index in [1.807, 2.05) is 0 Å². The number of sulfonamides is 1. The van der Waals surface area contributed by atoms with E-state index in [4.69, 9.17) is 5.14 Å². The van der Waals surface area contributed by atoms with E-state index < -0.39 is 10.0 Å². The Bertz CT molecular complexity index is 469. The van der Waals surface area contributed by atoms with Crippen molar-refractivity contribution in [3.05, 3.63) is 29.8 Å². The lowest BCUT2D eigenvalue weighted by Crippen LogP contribution is -2.27. The standard InChI is InChI=1S/C14H24N2O2S/c1-3-5-6-13(4-2)16-11-12-7-9-14(10-8-12)19(15,17)18/h7-10,13,16H,3-6,11H2,1-2H3,(H2,15,17,18). The molecule has 4 nitrogen and oxygen atoms in total. The van der Waals surface area contributed by atoms with Gasteiger partial charge in [-0.1, -0.05) is 38.8 Å². The van der Waals surface area contributed by atoms with Gasteiger partial charge in [0.15, 0.2) is 0 Å². The molecule has 1 unspecified atom stereocenters. The molecule has 0 bridgehead atoms. The van der Waals surface area contributed by atoms with E-state index in [0.717, 1.165) is 18.5 Å². The summed E-state index contributed by atoms with van der Waals surface area (Å²) in [5, 5.41) is 8.56. The molecule has 1 aromatic carbocycles. The molecule has 0 aliphatic carbocycles. The Morgan fingerprint density at radius 1 is 1.21 bits per heavy atom. The van der Waals surface area contributed by atoms with Crippen molar-refractivity contribution in [3.8, 4) is 0 Å². The molecule has 0 aliphatic heterocycles. The second-order valence-electron chi connectivity index (χ2n) is 4.82. The van der Waals surface area contributed by atoms with Crippen LogP contribution in [-0.4, -0.2) is 14.5 Å². The topological polar surface area (TPSA) is 72.2 Å². The highest BCUT2D eigenvalue weighted by molar-refractivity contribution is 7.89. The van der Waals surface area contributed by atoms with Crippen LogP contribution in [0.1, 0.15) is 45.1 Å². The quantitative estimate of drug-likeness (QED) is 0.770. The summed E-state index contributed by atoms with van der Waals surface area (Å²) < 4.78 is 22.3. The summed E-state index contributed by atoms with van der Waals surface area (Å²) in [5.41, 5.74) is 1.07. The SMILES string of the molecule is CCCCC(CC)NCc1ccc(S(N)(=O)=O)cc1. The number of primary sulfonamides is 1. The average molecular weight is 284 g/mol. The van der Waals surface area contributed by atoms with Crippen LogP contribution in [0.3, 0.4) is 0 Å². The molecule has 0 aromatic heterocycles. The van der Waals surface area contributed by atoms with E-state index in [2.05, 4.69) is 19.2 Å². The van der Waals surface area contributed by atoms with Gasteiger partial charge in [0.2, 0.25) is 10.0 Å². The summed E-state index contributed by atoms with van der Waals surface area (Å²) in [6.45, 7) is 5.13. The van der Waals surface area contributed by atoms with Crippen LogP contribution < -0.4 is 10.5 Å². The van der Waals surface area contributed by atoms with Crippen molar-refractivity contribution in [2.24, 2.45) is 5.14 Å². The van der Waals surface area contributed by atoms with E-state index in [1.54, 1.807) is 24.3 Å². The van der Waals surface area contributed by atoms with Gasteiger partial charge in [-0.3, -0.25) is 0 Å². The Morgan fingerprint density at radius 2 is 1.84 bits per heavy atom. The van der Waals surface area contributed by atoms with Crippen molar-refractivity contribution >= 4 is 10.0 Å². The molecule has 0 radical (unpaired) electrons. The molecule has 0 heterocycles. The predicted octanol–water partition coefficient (Wildman–Crippen LogP) is 2.39. The number of hydrogen-bond acceptors (Lipinski definition) is 3. The summed E-state index contributed by atoms with van der Waals surface area (Å²) in [6, 6.07) is 7.25. The summed E-state index contributed by atoms with van der Waals surface area (Å²) in [7, 11) is -3.59. The molecule has 0 saturated carbocycles. The zero-order chi connectivity index (χ0) is 14.3. The molecule has 0 fully saturated rings. The lowest BCUT2D eigenvalue weighted by atomic mass is 10.1. The fourth-order valence-corrected chi connectivity index (χ4v) is 2.48. The van der Waals surface area contributed by atoms with Gasteiger partial charge in [-0.25, -0.2) is 13.6 Å². The monoisotopic (exact) mass is 284 g/mol. The molecule has 1 aromatic rings. The Kier molecular flexibility index (Phi) is 6.48. The van der Waals surface area contributed by atoms with Gasteiger partial charge in [0.05, 0.1) is 4.90 Å². The Labute approximate surface area is 116 Å². The minimum absolute atomic E-state index is 0.161. The van der Waals surface area contributed by atoms with Gasteiger partial charge >= 0.3 is 0 Å². The molecule has 19 heavy (non-hydrogen) atoms. The van der Waals surface area contributed by atoms with Gasteiger partial charge in [-0.15, -0.1) is 0 Å². The second-order valence-corrected chi connectivity index (χ2v) is 6.38. The zero-order valence-corrected chi connectivity index (χ0v) is 12.5. The maximum absolute atomic E-state index is 11.1. The second kappa shape index (κ2) is 7.62. The van der Waals surface area contributed by atoms with Crippen LogP contribution in [0.15, 0.2) is 29.2 Å². The van der Waals surface area contributed by atoms with Crippen LogP contribution in [0.2, 0.25) is 0 Å². The molecule has 0 saturated heterocycles. The maximum Gasteiger partial charge on any atom is 0.238 e. The number of benzene rings is 1. The van der Waals surface area contributed by atoms with Crippen LogP contribution in [0.25, 0.3) is 0 Å². The largest absolute Gasteiger partial charge is 0.310 e. The van der Waals surface area contributed by atoms with Gasteiger partial charge < -0.3 is 5.32 Å². The third-order valence-electron chi connectivity index (χ3n) is 3.25. The zero-order valence-electron chi connectivity index (χ0n) is 11.7. The van der Waals surface area contributed by atoms with Gasteiger partial charge in [0, 0.05) is 12.6 Å². The lowest BCUT2D eigenvalue weighted by molar-refractivity contribution is 0.452. The van der Waals surface area contributed by atoms with Crippen molar-refractivity contribution in [1.82, 2.24) is 5.32 Å². The van der Waals surface area contributed by atoms with Crippen molar-refractivity contribution in [2.75, 3.05) is 0 Å². The highest BCUT2D eigenvalue weighted by Gasteiger charge is 2.08. The van der Waals surface area contributed by atoms with Gasteiger partial charge in [-0.2, -0.15) is 0 Å². The fraction of sp³-hybridized carbons (Fsp3) is 0.571. The summed E-state index contributed by atoms with van der Waals surface area (Å²) in [4.78, 5) is 0.161. The van der Waals surface area contributed by atoms with Crippen LogP contribution in [0.4, 0.5) is 0 Å². The number of nitrogens with two attached hydrogens (primary N) is 1. The maximum atomic E-state index is 11.1. The van der Waals surface area contributed by atoms with E-state index in [9.17, 15) is 8.42 Å². The van der Waals surface area contributed by atoms with Gasteiger partial charge in [0.1, 0.15) is 0 Å². The van der Waals surface area contributed by atoms with E-state index >= 15 is 0 Å². The molecule has 3 N–H and O–H groups in total. The predicted molar refractivity (Wildman–Crippen MR) is 78.3 cm³/mol. The first-order valence-electron chi connectivity index (χ1n) is 6.82. The molecule has 0 aliphatic rings. The first kappa shape index (κ1) is 16.1. The van der Waals surface area contributed by atoms with Gasteiger partial charge in [0.25, 0.3) is 0 Å². The van der Waals surface area contributed by atoms with Crippen LogP contribution in [-0.2, 0) is 16.6 Å². The molecular formula is C14H24N2O2S. The van der Waals surface area contributed by atoms with Crippen molar-refractivity contribution in [1.29, 1.82) is 0 Å². The minimum atomic E-state index is -3.59. The van der Waals surface area contributed by atoms with Crippen molar-refractivity contribution in [2.45, 2.75) is 57.0 Å². The summed E-state index contributed by atoms with van der Waals surface area (Å²) in [6.07, 6.45) is 4.73. The van der Waals surface area contributed by atoms with E-state index in [-0.39, 0.29) is 4.90 Å². The number of hydrogen-bond donors (Lipinski definition) is 2. The van der Waals surface area contributed by atoms with Crippen LogP contribution >= 0.6 is 0 Å². The first-order chi connectivity index (χ1) is 8.97. The third-order valence-corrected chi connectivity index (χ3v) is 4.17. The average Bonchev–Trinajstić information content (AvgIpc) is 2.38. The number of unbranched alkanes of at least 4 members (excludes halogenated alkanes) is 1. The Balaban J connectivity index is 2.53. The minimum Gasteiger partial charge on any atom is -0.310 e. The van der Waals surface area contributed by atoms with Gasteiger partial charge in [-0.05, 0) is 30.5 Å². The number of rotatable bonds is 8. The Hall–Kier alpha value is -0.910. The normalized spacial score (nSPS) is 13.4. The smallest absolute Gasteiger partial charge is 0.238 e. The molecule has 1 atom stereocenters. The van der Waals surface area contributed by atoms with E-state index in [1.165, 1.54) is 19.3 Å². The molecule has 0 spiro atoms. The number of nitrogens with one attached hydrogen (secondary N) is 1. The first-order valence-corrected chi connectivity index (χ1v) is 8.37. The third kappa shape index (κ3) is 5.72. The van der Waals surface area contributed by atoms with Crippen LogP contribution in [0.5, 0.6) is 0 Å². The highest BCUT2D eigenvalue weighted by Crippen LogP contribution is 2.10. The fourth-order valence-electron chi connectivity index (χ4n) is 1.96. The molecule has 1 rings (SSSR count). The highest BCUT2D eigenvalue weighted by atomic mass is 32.2. The molecule has 5 heteroatoms. The lowest BCUT2D eigenvalue weighted by Gasteiger charge is -2.16. The molecule has 0 amide bonds. The van der Waals surface area contributed by atoms with E-state index in [0.29, 0.717) is 6.04 Å². The molecule has 108 valence electrons.